The molecule has 0 amide bonds. The van der Waals surface area contributed by atoms with E-state index in [-0.39, 0.29) is 6.61 Å². The summed E-state index contributed by atoms with van der Waals surface area (Å²) in [6.45, 7) is 3.74. The van der Waals surface area contributed by atoms with E-state index in [1.165, 1.54) is 12.7 Å². The van der Waals surface area contributed by atoms with Gasteiger partial charge in [-0.1, -0.05) is 0 Å². The first kappa shape index (κ1) is 16.0. The maximum Gasteiger partial charge on any atom is 0.379 e. The van der Waals surface area contributed by atoms with E-state index in [9.17, 15) is 9.59 Å². The summed E-state index contributed by atoms with van der Waals surface area (Å²) < 4.78 is 11.0. The lowest BCUT2D eigenvalue weighted by Crippen LogP contribution is -2.21. The van der Waals surface area contributed by atoms with Gasteiger partial charge in [-0.2, -0.15) is 0 Å². The summed E-state index contributed by atoms with van der Waals surface area (Å²) in [5.74, 6) is -1.03. The van der Waals surface area contributed by atoms with Crippen LogP contribution in [0.4, 0.5) is 0 Å². The predicted molar refractivity (Wildman–Crippen MR) is 83.0 cm³/mol. The molecule has 0 bridgehead atoms. The van der Waals surface area contributed by atoms with Crippen LogP contribution in [0.2, 0.25) is 0 Å². The third-order valence-electron chi connectivity index (χ3n) is 3.88. The number of methoxy groups -OCH3 is 1. The minimum Gasteiger partial charge on any atom is -0.495 e. The van der Waals surface area contributed by atoms with Gasteiger partial charge in [-0.3, -0.25) is 4.79 Å². The van der Waals surface area contributed by atoms with E-state index in [0.717, 1.165) is 41.3 Å². The van der Waals surface area contributed by atoms with E-state index in [2.05, 4.69) is 15.9 Å². The summed E-state index contributed by atoms with van der Waals surface area (Å²) in [6.07, 6.45) is 4.10. The molecule has 0 spiro atoms. The topological polar surface area (TPSA) is 52.6 Å². The highest BCUT2D eigenvalue weighted by Gasteiger charge is 2.30. The smallest absolute Gasteiger partial charge is 0.379 e. The Bertz CT molecular complexity index is 593. The zero-order chi connectivity index (χ0) is 15.6. The van der Waals surface area contributed by atoms with Gasteiger partial charge < -0.3 is 9.47 Å². The number of rotatable bonds is 4. The van der Waals surface area contributed by atoms with Crippen molar-refractivity contribution >= 4 is 27.7 Å². The van der Waals surface area contributed by atoms with E-state index in [1.54, 1.807) is 6.92 Å². The fraction of sp³-hybridized carbons (Fsp3) is 0.500. The Labute approximate surface area is 132 Å². The third kappa shape index (κ3) is 2.84. The van der Waals surface area contributed by atoms with Crippen molar-refractivity contribution in [2.45, 2.75) is 39.5 Å². The monoisotopic (exact) mass is 354 g/mol. The number of Topliss-reactive ketones (excluding diaryl/α,β-unsaturated/α-hetero) is 1. The molecule has 0 aromatic heterocycles. The first-order valence-electron chi connectivity index (χ1n) is 7.12. The van der Waals surface area contributed by atoms with Crippen LogP contribution < -0.4 is 4.74 Å². The number of hydrogen-bond donors (Lipinski definition) is 0. The molecule has 0 saturated carbocycles. The van der Waals surface area contributed by atoms with Gasteiger partial charge >= 0.3 is 5.97 Å². The summed E-state index contributed by atoms with van der Waals surface area (Å²) in [4.78, 5) is 24.2. The van der Waals surface area contributed by atoms with E-state index in [4.69, 9.17) is 9.47 Å². The van der Waals surface area contributed by atoms with Crippen molar-refractivity contribution in [2.24, 2.45) is 0 Å². The van der Waals surface area contributed by atoms with E-state index < -0.39 is 11.8 Å². The van der Waals surface area contributed by atoms with Crippen molar-refractivity contribution in [3.8, 4) is 5.75 Å². The van der Waals surface area contributed by atoms with Crippen LogP contribution in [0.3, 0.4) is 0 Å². The van der Waals surface area contributed by atoms with Crippen LogP contribution in [0, 0.1) is 6.92 Å². The number of halogens is 1. The van der Waals surface area contributed by atoms with Gasteiger partial charge in [-0.05, 0) is 72.2 Å². The standard InChI is InChI=1S/C16H19BrO4/c1-4-21-16(19)14(18)12-9(2)10-7-5-6-8-11(10)13(17)15(12)20-3/h4-8H2,1-3H3. The maximum atomic E-state index is 12.4. The number of hydrogen-bond acceptors (Lipinski definition) is 4. The highest BCUT2D eigenvalue weighted by molar-refractivity contribution is 9.10. The molecule has 0 saturated heterocycles. The first-order chi connectivity index (χ1) is 10.0. The molecule has 0 heterocycles. The molecule has 1 aliphatic rings. The summed E-state index contributed by atoms with van der Waals surface area (Å²) in [5.41, 5.74) is 3.50. The molecule has 21 heavy (non-hydrogen) atoms. The van der Waals surface area contributed by atoms with Crippen molar-refractivity contribution < 1.29 is 19.1 Å². The molecule has 1 aliphatic carbocycles. The number of esters is 1. The molecule has 0 N–H and O–H groups in total. The van der Waals surface area contributed by atoms with Crippen molar-refractivity contribution in [3.63, 3.8) is 0 Å². The zero-order valence-electron chi connectivity index (χ0n) is 12.5. The Morgan fingerprint density at radius 1 is 1.19 bits per heavy atom. The van der Waals surface area contributed by atoms with Gasteiger partial charge in [-0.25, -0.2) is 4.79 Å². The summed E-state index contributed by atoms with van der Waals surface area (Å²) >= 11 is 3.54. The molecule has 2 rings (SSSR count). The van der Waals surface area contributed by atoms with Crippen LogP contribution in [0.15, 0.2) is 4.47 Å². The van der Waals surface area contributed by atoms with Gasteiger partial charge in [0.05, 0.1) is 23.8 Å². The fourth-order valence-electron chi connectivity index (χ4n) is 2.89. The lowest BCUT2D eigenvalue weighted by Gasteiger charge is -2.24. The summed E-state index contributed by atoms with van der Waals surface area (Å²) in [5, 5.41) is 0. The highest BCUT2D eigenvalue weighted by atomic mass is 79.9. The van der Waals surface area contributed by atoms with Crippen LogP contribution >= 0.6 is 15.9 Å². The average Bonchev–Trinajstić information content (AvgIpc) is 2.50. The molecule has 0 atom stereocenters. The maximum absolute atomic E-state index is 12.4. The number of fused-ring (bicyclic) bond motifs is 1. The van der Waals surface area contributed by atoms with Crippen LogP contribution in [0.5, 0.6) is 5.75 Å². The number of benzene rings is 1. The molecule has 0 fully saturated rings. The van der Waals surface area contributed by atoms with E-state index >= 15 is 0 Å². The second-order valence-corrected chi connectivity index (χ2v) is 5.85. The molecular formula is C16H19BrO4. The number of carbonyl (C=O) groups is 2. The Morgan fingerprint density at radius 3 is 2.38 bits per heavy atom. The molecule has 1 aromatic rings. The lowest BCUT2D eigenvalue weighted by atomic mass is 9.85. The number of ether oxygens (including phenoxy) is 2. The first-order valence-corrected chi connectivity index (χ1v) is 7.91. The third-order valence-corrected chi connectivity index (χ3v) is 4.72. The molecule has 1 aromatic carbocycles. The minimum absolute atomic E-state index is 0.179. The van der Waals surface area contributed by atoms with Crippen molar-refractivity contribution in [3.05, 3.63) is 26.7 Å². The van der Waals surface area contributed by atoms with Crippen LogP contribution in [0.1, 0.15) is 46.8 Å². The van der Waals surface area contributed by atoms with Crippen molar-refractivity contribution in [1.82, 2.24) is 0 Å². The second-order valence-electron chi connectivity index (χ2n) is 5.06. The van der Waals surface area contributed by atoms with Gasteiger partial charge in [0.25, 0.3) is 5.78 Å². The van der Waals surface area contributed by atoms with Crippen LogP contribution in [-0.2, 0) is 22.4 Å². The van der Waals surface area contributed by atoms with E-state index in [1.807, 2.05) is 6.92 Å². The SMILES string of the molecule is CCOC(=O)C(=O)c1c(C)c2c(c(Br)c1OC)CCCC2. The highest BCUT2D eigenvalue weighted by Crippen LogP contribution is 2.41. The van der Waals surface area contributed by atoms with Gasteiger partial charge in [0, 0.05) is 0 Å². The lowest BCUT2D eigenvalue weighted by molar-refractivity contribution is -0.137. The van der Waals surface area contributed by atoms with Crippen LogP contribution in [0.25, 0.3) is 0 Å². The number of ketones is 1. The molecular weight excluding hydrogens is 336 g/mol. The fourth-order valence-corrected chi connectivity index (χ4v) is 3.69. The quantitative estimate of drug-likeness (QED) is 0.472. The molecule has 0 aliphatic heterocycles. The summed E-state index contributed by atoms with van der Waals surface area (Å²) in [6, 6.07) is 0. The Balaban J connectivity index is 2.62. The van der Waals surface area contributed by atoms with E-state index in [0.29, 0.717) is 11.3 Å². The van der Waals surface area contributed by atoms with Gasteiger partial charge in [0.15, 0.2) is 0 Å². The second kappa shape index (κ2) is 6.60. The largest absolute Gasteiger partial charge is 0.495 e. The molecule has 5 heteroatoms. The molecule has 4 nitrogen and oxygen atoms in total. The Hall–Kier alpha value is -1.36. The molecule has 114 valence electrons. The molecule has 0 unspecified atom stereocenters. The van der Waals surface area contributed by atoms with Gasteiger partial charge in [0.1, 0.15) is 5.75 Å². The van der Waals surface area contributed by atoms with Crippen molar-refractivity contribution in [2.75, 3.05) is 13.7 Å². The summed E-state index contributed by atoms with van der Waals surface area (Å²) in [7, 11) is 1.51. The normalized spacial score (nSPS) is 13.5. The molecule has 0 radical (unpaired) electrons. The number of carbonyl (C=O) groups excluding carboxylic acids is 2. The van der Waals surface area contributed by atoms with Crippen molar-refractivity contribution in [1.29, 1.82) is 0 Å². The van der Waals surface area contributed by atoms with Gasteiger partial charge in [-0.15, -0.1) is 0 Å². The van der Waals surface area contributed by atoms with Crippen LogP contribution in [-0.4, -0.2) is 25.5 Å². The Morgan fingerprint density at radius 2 is 1.81 bits per heavy atom. The zero-order valence-corrected chi connectivity index (χ0v) is 14.1. The predicted octanol–water partition coefficient (Wildman–Crippen LogP) is 3.39. The van der Waals surface area contributed by atoms with Gasteiger partial charge in [0.2, 0.25) is 0 Å². The minimum atomic E-state index is -0.832. The average molecular weight is 355 g/mol. The Kier molecular flexibility index (Phi) is 5.04.